The second-order valence-electron chi connectivity index (χ2n) is 10.2. The molecule has 6 nitrogen and oxygen atoms in total. The fourth-order valence-electron chi connectivity index (χ4n) is 5.47. The van der Waals surface area contributed by atoms with Gasteiger partial charge in [0.15, 0.2) is 0 Å². The van der Waals surface area contributed by atoms with Gasteiger partial charge in [0, 0.05) is 62.1 Å². The van der Waals surface area contributed by atoms with E-state index in [-0.39, 0.29) is 11.6 Å². The molecule has 3 fully saturated rings. The van der Waals surface area contributed by atoms with Crippen LogP contribution in [-0.4, -0.2) is 73.7 Å². The standard InChI is InChI=1S/C27H37N5O/c1-27(20-25(27)21-6-4-3-5-7-21)29-23-12-15-31(16-13-23)17-14-28-22-8-10-24(11-9-22)32-19-18-30(2)26(32)33/h3-11,23,25,28-29H,12-20H2,1-2H3/t25-,27?/m0/s1. The van der Waals surface area contributed by atoms with Crippen molar-refractivity contribution in [2.45, 2.75) is 43.7 Å². The third-order valence-electron chi connectivity index (χ3n) is 7.71. The lowest BCUT2D eigenvalue weighted by atomic mass is 10.0. The van der Waals surface area contributed by atoms with Crippen LogP contribution < -0.4 is 15.5 Å². The number of amides is 2. The van der Waals surface area contributed by atoms with Gasteiger partial charge in [-0.25, -0.2) is 4.79 Å². The number of likely N-dealkylation sites (tertiary alicyclic amines) is 1. The number of benzene rings is 2. The molecule has 3 aliphatic rings. The molecule has 2 aromatic carbocycles. The van der Waals surface area contributed by atoms with E-state index in [0.717, 1.165) is 50.6 Å². The molecule has 5 rings (SSSR count). The van der Waals surface area contributed by atoms with Gasteiger partial charge in [-0.15, -0.1) is 0 Å². The first-order valence-electron chi connectivity index (χ1n) is 12.4. The summed E-state index contributed by atoms with van der Waals surface area (Å²) >= 11 is 0. The van der Waals surface area contributed by atoms with E-state index in [1.165, 1.54) is 24.8 Å². The largest absolute Gasteiger partial charge is 0.384 e. The molecule has 0 aromatic heterocycles. The second-order valence-corrected chi connectivity index (χ2v) is 10.2. The van der Waals surface area contributed by atoms with Crippen molar-refractivity contribution in [3.8, 4) is 0 Å². The summed E-state index contributed by atoms with van der Waals surface area (Å²) in [5.74, 6) is 0.664. The molecule has 2 N–H and O–H groups in total. The van der Waals surface area contributed by atoms with Crippen LogP contribution in [-0.2, 0) is 0 Å². The third-order valence-corrected chi connectivity index (χ3v) is 7.71. The Labute approximate surface area is 197 Å². The van der Waals surface area contributed by atoms with E-state index in [0.29, 0.717) is 12.0 Å². The van der Waals surface area contributed by atoms with Crippen LogP contribution in [0.3, 0.4) is 0 Å². The summed E-state index contributed by atoms with van der Waals surface area (Å²) in [5, 5.41) is 7.52. The normalized spacial score (nSPS) is 26.1. The van der Waals surface area contributed by atoms with Crippen LogP contribution in [0.25, 0.3) is 0 Å². The molecule has 0 radical (unpaired) electrons. The number of rotatable bonds is 8. The Kier molecular flexibility index (Phi) is 6.30. The summed E-state index contributed by atoms with van der Waals surface area (Å²) in [4.78, 5) is 18.3. The number of likely N-dealkylation sites (N-methyl/N-ethyl adjacent to an activating group) is 1. The predicted octanol–water partition coefficient (Wildman–Crippen LogP) is 3.97. The second kappa shape index (κ2) is 9.35. The molecule has 33 heavy (non-hydrogen) atoms. The zero-order valence-corrected chi connectivity index (χ0v) is 20.0. The van der Waals surface area contributed by atoms with Crippen LogP contribution >= 0.6 is 0 Å². The van der Waals surface area contributed by atoms with Gasteiger partial charge >= 0.3 is 6.03 Å². The van der Waals surface area contributed by atoms with Gasteiger partial charge < -0.3 is 20.4 Å². The number of hydrogen-bond acceptors (Lipinski definition) is 4. The fourth-order valence-corrected chi connectivity index (χ4v) is 5.47. The summed E-state index contributed by atoms with van der Waals surface area (Å²) in [5.41, 5.74) is 3.84. The molecule has 2 heterocycles. The lowest BCUT2D eigenvalue weighted by Gasteiger charge is -2.34. The van der Waals surface area contributed by atoms with Gasteiger partial charge in [0.25, 0.3) is 0 Å². The van der Waals surface area contributed by atoms with E-state index in [1.807, 2.05) is 24.1 Å². The number of carbonyl (C=O) groups is 1. The lowest BCUT2D eigenvalue weighted by molar-refractivity contribution is 0.195. The predicted molar refractivity (Wildman–Crippen MR) is 135 cm³/mol. The summed E-state index contributed by atoms with van der Waals surface area (Å²) in [6.45, 7) is 8.27. The monoisotopic (exact) mass is 447 g/mol. The van der Waals surface area contributed by atoms with E-state index in [9.17, 15) is 4.79 Å². The Bertz CT molecular complexity index is 941. The van der Waals surface area contributed by atoms with Crippen molar-refractivity contribution in [3.05, 3.63) is 60.2 Å². The number of nitrogens with one attached hydrogen (secondary N) is 2. The molecule has 2 atom stereocenters. The Morgan fingerprint density at radius 1 is 0.970 bits per heavy atom. The van der Waals surface area contributed by atoms with E-state index in [2.05, 4.69) is 64.9 Å². The molecule has 1 saturated carbocycles. The molecule has 176 valence electrons. The molecular formula is C27H37N5O. The zero-order valence-electron chi connectivity index (χ0n) is 20.0. The number of carbonyl (C=O) groups excluding carboxylic acids is 1. The van der Waals surface area contributed by atoms with Gasteiger partial charge in [0.2, 0.25) is 0 Å². The summed E-state index contributed by atoms with van der Waals surface area (Å²) in [7, 11) is 1.85. The molecule has 0 spiro atoms. The Balaban J connectivity index is 1.01. The minimum Gasteiger partial charge on any atom is -0.384 e. The Morgan fingerprint density at radius 3 is 2.36 bits per heavy atom. The van der Waals surface area contributed by atoms with Crippen LogP contribution in [0, 0.1) is 0 Å². The lowest BCUT2D eigenvalue weighted by Crippen LogP contribution is -2.47. The van der Waals surface area contributed by atoms with Gasteiger partial charge in [-0.05, 0) is 69.1 Å². The van der Waals surface area contributed by atoms with Crippen molar-refractivity contribution in [1.29, 1.82) is 0 Å². The maximum atomic E-state index is 12.1. The van der Waals surface area contributed by atoms with Crippen molar-refractivity contribution in [2.75, 3.05) is 56.5 Å². The first-order valence-corrected chi connectivity index (χ1v) is 12.4. The number of anilines is 2. The number of urea groups is 1. The molecular weight excluding hydrogens is 410 g/mol. The topological polar surface area (TPSA) is 50.9 Å². The minimum absolute atomic E-state index is 0.0832. The molecule has 2 saturated heterocycles. The molecule has 6 heteroatoms. The van der Waals surface area contributed by atoms with Crippen LogP contribution in [0.4, 0.5) is 16.2 Å². The van der Waals surface area contributed by atoms with Crippen molar-refractivity contribution in [2.24, 2.45) is 0 Å². The van der Waals surface area contributed by atoms with E-state index in [4.69, 9.17) is 0 Å². The molecule has 2 amide bonds. The van der Waals surface area contributed by atoms with Gasteiger partial charge in [0.1, 0.15) is 0 Å². The highest BCUT2D eigenvalue weighted by atomic mass is 16.2. The first-order chi connectivity index (χ1) is 16.0. The van der Waals surface area contributed by atoms with Gasteiger partial charge in [-0.3, -0.25) is 4.90 Å². The number of nitrogens with zero attached hydrogens (tertiary/aromatic N) is 3. The fraction of sp³-hybridized carbons (Fsp3) is 0.519. The number of hydrogen-bond donors (Lipinski definition) is 2. The van der Waals surface area contributed by atoms with Gasteiger partial charge in [0.05, 0.1) is 0 Å². The number of piperidine rings is 1. The maximum Gasteiger partial charge on any atom is 0.324 e. The van der Waals surface area contributed by atoms with E-state index < -0.39 is 0 Å². The van der Waals surface area contributed by atoms with Crippen LogP contribution in [0.15, 0.2) is 54.6 Å². The average Bonchev–Trinajstić information content (AvgIpc) is 3.40. The quantitative estimate of drug-likeness (QED) is 0.643. The summed E-state index contributed by atoms with van der Waals surface area (Å²) in [6, 6.07) is 19.9. The molecule has 2 aromatic rings. The van der Waals surface area contributed by atoms with E-state index >= 15 is 0 Å². The highest BCUT2D eigenvalue weighted by Gasteiger charge is 2.51. The zero-order chi connectivity index (χ0) is 22.8. The third kappa shape index (κ3) is 5.02. The average molecular weight is 448 g/mol. The van der Waals surface area contributed by atoms with Crippen molar-refractivity contribution in [1.82, 2.24) is 15.1 Å². The first kappa shape index (κ1) is 22.2. The van der Waals surface area contributed by atoms with Crippen LogP contribution in [0.1, 0.15) is 37.7 Å². The molecule has 1 aliphatic carbocycles. The highest BCUT2D eigenvalue weighted by Crippen LogP contribution is 2.51. The van der Waals surface area contributed by atoms with Crippen molar-refractivity contribution in [3.63, 3.8) is 0 Å². The Morgan fingerprint density at radius 2 is 1.70 bits per heavy atom. The Hall–Kier alpha value is -2.57. The van der Waals surface area contributed by atoms with E-state index in [1.54, 1.807) is 4.90 Å². The van der Waals surface area contributed by atoms with Crippen LogP contribution in [0.5, 0.6) is 0 Å². The smallest absolute Gasteiger partial charge is 0.324 e. The van der Waals surface area contributed by atoms with Crippen LogP contribution in [0.2, 0.25) is 0 Å². The highest BCUT2D eigenvalue weighted by molar-refractivity contribution is 5.94. The molecule has 2 aliphatic heterocycles. The summed E-state index contributed by atoms with van der Waals surface area (Å²) in [6.07, 6.45) is 3.71. The maximum absolute atomic E-state index is 12.1. The minimum atomic E-state index is 0.0832. The van der Waals surface area contributed by atoms with Crippen molar-refractivity contribution < 1.29 is 4.79 Å². The molecule has 0 bridgehead atoms. The summed E-state index contributed by atoms with van der Waals surface area (Å²) < 4.78 is 0. The SMILES string of the molecule is CN1CCN(c2ccc(NCCN3CCC(NC4(C)C[C@H]4c4ccccc4)CC3)cc2)C1=O. The molecule has 1 unspecified atom stereocenters. The van der Waals surface area contributed by atoms with Crippen molar-refractivity contribution >= 4 is 17.4 Å². The van der Waals surface area contributed by atoms with Gasteiger partial charge in [-0.2, -0.15) is 0 Å². The van der Waals surface area contributed by atoms with Gasteiger partial charge in [-0.1, -0.05) is 30.3 Å².